The maximum absolute atomic E-state index is 13.7. The molecule has 1 unspecified atom stereocenters. The number of benzene rings is 1. The van der Waals surface area contributed by atoms with Gasteiger partial charge in [0.05, 0.1) is 0 Å². The Morgan fingerprint density at radius 1 is 1.25 bits per heavy atom. The Hall–Kier alpha value is -1.12. The molecule has 0 saturated heterocycles. The molecule has 1 aliphatic carbocycles. The molecule has 1 nitrogen and oxygen atoms in total. The van der Waals surface area contributed by atoms with Crippen LogP contribution in [0.5, 0.6) is 0 Å². The lowest BCUT2D eigenvalue weighted by Gasteiger charge is -2.23. The number of nitrogens with one attached hydrogen (secondary N) is 1. The average molecular weight is 240 g/mol. The van der Waals surface area contributed by atoms with Gasteiger partial charge in [-0.1, -0.05) is 42.5 Å². The summed E-state index contributed by atoms with van der Waals surface area (Å²) >= 11 is 0. The fourth-order valence-corrected chi connectivity index (χ4v) is 1.65. The molecule has 0 aromatic heterocycles. The average Bonchev–Trinajstić information content (AvgIpc) is 2.31. The minimum Gasteiger partial charge on any atom is -0.285 e. The second-order valence-corrected chi connectivity index (χ2v) is 3.68. The lowest BCUT2D eigenvalue weighted by molar-refractivity contribution is 0.192. The summed E-state index contributed by atoms with van der Waals surface area (Å²) < 4.78 is 13.7. The van der Waals surface area contributed by atoms with E-state index in [-0.39, 0.29) is 12.4 Å². The topological polar surface area (TPSA) is 12.0 Å². The van der Waals surface area contributed by atoms with Crippen molar-refractivity contribution in [2.45, 2.75) is 12.2 Å². The van der Waals surface area contributed by atoms with Crippen molar-refractivity contribution in [3.8, 4) is 0 Å². The van der Waals surface area contributed by atoms with Gasteiger partial charge in [0.15, 0.2) is 5.79 Å². The molecule has 2 rings (SSSR count). The summed E-state index contributed by atoms with van der Waals surface area (Å²) in [6.45, 7) is 0. The Kier molecular flexibility index (Phi) is 4.27. The van der Waals surface area contributed by atoms with Crippen LogP contribution < -0.4 is 5.32 Å². The summed E-state index contributed by atoms with van der Waals surface area (Å²) in [5, 5.41) is 2.65. The Balaban J connectivity index is 0.00000128. The molecule has 1 aromatic carbocycles. The fourth-order valence-electron chi connectivity index (χ4n) is 1.65. The van der Waals surface area contributed by atoms with Gasteiger partial charge in [0.25, 0.3) is 0 Å². The van der Waals surface area contributed by atoms with Gasteiger partial charge in [-0.15, -0.1) is 12.4 Å². The van der Waals surface area contributed by atoms with E-state index in [9.17, 15) is 4.39 Å². The third kappa shape index (κ3) is 2.71. The first-order valence-corrected chi connectivity index (χ1v) is 5.06. The van der Waals surface area contributed by atoms with Gasteiger partial charge in [0.1, 0.15) is 0 Å². The van der Waals surface area contributed by atoms with Gasteiger partial charge in [-0.05, 0) is 24.3 Å². The molecule has 16 heavy (non-hydrogen) atoms. The number of allylic oxidation sites excluding steroid dienone is 2. The van der Waals surface area contributed by atoms with Crippen molar-refractivity contribution in [3.63, 3.8) is 0 Å². The van der Waals surface area contributed by atoms with Crippen LogP contribution >= 0.6 is 12.4 Å². The lowest BCUT2D eigenvalue weighted by Crippen LogP contribution is -2.36. The lowest BCUT2D eigenvalue weighted by atomic mass is 9.96. The molecule has 0 fully saturated rings. The zero-order valence-electron chi connectivity index (χ0n) is 9.11. The Morgan fingerprint density at radius 3 is 2.44 bits per heavy atom. The van der Waals surface area contributed by atoms with Gasteiger partial charge in [-0.3, -0.25) is 5.32 Å². The molecule has 1 atom stereocenters. The van der Waals surface area contributed by atoms with E-state index in [0.29, 0.717) is 6.42 Å². The molecule has 0 aliphatic heterocycles. The number of hydrogen-bond acceptors (Lipinski definition) is 1. The molecule has 0 saturated carbocycles. The molecule has 3 heteroatoms. The first-order valence-electron chi connectivity index (χ1n) is 5.06. The molecule has 0 radical (unpaired) electrons. The second kappa shape index (κ2) is 5.28. The van der Waals surface area contributed by atoms with Gasteiger partial charge in [0.2, 0.25) is 0 Å². The van der Waals surface area contributed by atoms with E-state index >= 15 is 0 Å². The highest BCUT2D eigenvalue weighted by atomic mass is 35.5. The van der Waals surface area contributed by atoms with Crippen molar-refractivity contribution in [2.24, 2.45) is 0 Å². The molecule has 0 spiro atoms. The highest BCUT2D eigenvalue weighted by Crippen LogP contribution is 2.27. The van der Waals surface area contributed by atoms with Crippen LogP contribution in [0.25, 0.3) is 5.57 Å². The largest absolute Gasteiger partial charge is 0.285 e. The molecule has 0 heterocycles. The highest BCUT2D eigenvalue weighted by molar-refractivity contribution is 5.85. The van der Waals surface area contributed by atoms with Crippen molar-refractivity contribution in [3.05, 3.63) is 54.1 Å². The van der Waals surface area contributed by atoms with E-state index in [2.05, 4.69) is 5.32 Å². The van der Waals surface area contributed by atoms with E-state index in [4.69, 9.17) is 0 Å². The predicted octanol–water partition coefficient (Wildman–Crippen LogP) is 3.34. The van der Waals surface area contributed by atoms with Crippen molar-refractivity contribution in [1.29, 1.82) is 0 Å². The summed E-state index contributed by atoms with van der Waals surface area (Å²) in [5.41, 5.74) is 2.21. The number of alkyl halides is 1. The molecule has 0 bridgehead atoms. The highest BCUT2D eigenvalue weighted by Gasteiger charge is 2.24. The summed E-state index contributed by atoms with van der Waals surface area (Å²) in [4.78, 5) is 0. The van der Waals surface area contributed by atoms with E-state index in [1.165, 1.54) is 0 Å². The monoisotopic (exact) mass is 239 g/mol. The molecule has 1 N–H and O–H groups in total. The third-order valence-corrected chi connectivity index (χ3v) is 2.67. The van der Waals surface area contributed by atoms with Crippen LogP contribution in [0.2, 0.25) is 0 Å². The number of hydrogen-bond donors (Lipinski definition) is 1. The van der Waals surface area contributed by atoms with E-state index in [1.807, 2.05) is 42.5 Å². The minimum absolute atomic E-state index is 0. The van der Waals surface area contributed by atoms with Crippen LogP contribution in [0.15, 0.2) is 48.6 Å². The number of rotatable bonds is 2. The van der Waals surface area contributed by atoms with Crippen LogP contribution in [-0.4, -0.2) is 12.8 Å². The van der Waals surface area contributed by atoms with Crippen molar-refractivity contribution < 1.29 is 4.39 Å². The summed E-state index contributed by atoms with van der Waals surface area (Å²) in [6.07, 6.45) is 5.71. The minimum atomic E-state index is -1.38. The van der Waals surface area contributed by atoms with E-state index in [1.54, 1.807) is 13.1 Å². The molecule has 0 amide bonds. The van der Waals surface area contributed by atoms with Crippen LogP contribution in [-0.2, 0) is 0 Å². The summed E-state index contributed by atoms with van der Waals surface area (Å²) in [5.74, 6) is -1.38. The van der Waals surface area contributed by atoms with Crippen molar-refractivity contribution in [2.75, 3.05) is 7.05 Å². The first kappa shape index (κ1) is 12.9. The third-order valence-electron chi connectivity index (χ3n) is 2.67. The number of likely N-dealkylation sites (N-methyl/N-ethyl adjacent to an activating group) is 1. The van der Waals surface area contributed by atoms with Crippen LogP contribution in [0, 0.1) is 0 Å². The maximum Gasteiger partial charge on any atom is 0.183 e. The van der Waals surface area contributed by atoms with Crippen molar-refractivity contribution in [1.82, 2.24) is 5.32 Å². The molecular formula is C13H15ClFN. The zero-order chi connectivity index (χ0) is 10.7. The van der Waals surface area contributed by atoms with Gasteiger partial charge < -0.3 is 0 Å². The second-order valence-electron chi connectivity index (χ2n) is 3.68. The summed E-state index contributed by atoms with van der Waals surface area (Å²) in [6, 6.07) is 10.0. The van der Waals surface area contributed by atoms with E-state index in [0.717, 1.165) is 11.1 Å². The molecule has 1 aliphatic rings. The maximum atomic E-state index is 13.7. The standard InChI is InChI=1S/C13H14FN.ClH/c1-15-13(14)9-7-12(8-10-13)11-5-3-2-4-6-11;/h2-9,15H,10H2,1H3;1H. The van der Waals surface area contributed by atoms with Gasteiger partial charge in [-0.2, -0.15) is 0 Å². The van der Waals surface area contributed by atoms with Crippen molar-refractivity contribution >= 4 is 18.0 Å². The summed E-state index contributed by atoms with van der Waals surface area (Å²) in [7, 11) is 1.63. The smallest absolute Gasteiger partial charge is 0.183 e. The van der Waals surface area contributed by atoms with Gasteiger partial charge in [0, 0.05) is 6.42 Å². The Labute approximate surface area is 101 Å². The normalized spacial score (nSPS) is 23.5. The quantitative estimate of drug-likeness (QED) is 0.781. The SMILES string of the molecule is CNC1(F)C=CC(c2ccccc2)=CC1.Cl. The van der Waals surface area contributed by atoms with Gasteiger partial charge in [-0.25, -0.2) is 4.39 Å². The Morgan fingerprint density at radius 2 is 1.94 bits per heavy atom. The van der Waals surface area contributed by atoms with Crippen LogP contribution in [0.4, 0.5) is 4.39 Å². The van der Waals surface area contributed by atoms with Crippen LogP contribution in [0.3, 0.4) is 0 Å². The zero-order valence-corrected chi connectivity index (χ0v) is 9.93. The first-order chi connectivity index (χ1) is 7.23. The van der Waals surface area contributed by atoms with Crippen LogP contribution in [0.1, 0.15) is 12.0 Å². The fraction of sp³-hybridized carbons (Fsp3) is 0.231. The molecule has 86 valence electrons. The molecule has 1 aromatic rings. The number of halogens is 2. The molecular weight excluding hydrogens is 225 g/mol. The van der Waals surface area contributed by atoms with E-state index < -0.39 is 5.79 Å². The Bertz CT molecular complexity index is 400. The predicted molar refractivity (Wildman–Crippen MR) is 68.3 cm³/mol. The van der Waals surface area contributed by atoms with Gasteiger partial charge >= 0.3 is 0 Å².